The van der Waals surface area contributed by atoms with Crippen molar-refractivity contribution in [1.29, 1.82) is 0 Å². The highest BCUT2D eigenvalue weighted by atomic mass is 16.5. The second kappa shape index (κ2) is 5.14. The molecule has 0 amide bonds. The van der Waals surface area contributed by atoms with E-state index in [4.69, 9.17) is 15.2 Å². The first-order valence-electron chi connectivity index (χ1n) is 7.28. The molecule has 1 aliphatic carbocycles. The standard InChI is InChI=1S/C16H23NO2/c1-18-15-4-3-13(12-5-9-19-10-6-12)11-14(15)16(17)7-2-8-16/h3-4,11-12H,2,5-10,17H2,1H3. The van der Waals surface area contributed by atoms with E-state index in [0.29, 0.717) is 5.92 Å². The van der Waals surface area contributed by atoms with Crippen LogP contribution < -0.4 is 10.5 Å². The largest absolute Gasteiger partial charge is 0.496 e. The topological polar surface area (TPSA) is 44.5 Å². The Balaban J connectivity index is 1.92. The third-order valence-corrected chi connectivity index (χ3v) is 4.70. The van der Waals surface area contributed by atoms with Crippen LogP contribution in [0.15, 0.2) is 18.2 Å². The zero-order valence-electron chi connectivity index (χ0n) is 11.7. The van der Waals surface area contributed by atoms with Crippen molar-refractivity contribution in [2.45, 2.75) is 43.6 Å². The van der Waals surface area contributed by atoms with Crippen molar-refractivity contribution in [2.24, 2.45) is 5.73 Å². The van der Waals surface area contributed by atoms with E-state index in [9.17, 15) is 0 Å². The molecule has 3 heteroatoms. The Hall–Kier alpha value is -1.06. The minimum absolute atomic E-state index is 0.160. The van der Waals surface area contributed by atoms with Crippen molar-refractivity contribution >= 4 is 0 Å². The fourth-order valence-corrected chi connectivity index (χ4v) is 3.23. The maximum atomic E-state index is 6.49. The first-order chi connectivity index (χ1) is 9.23. The quantitative estimate of drug-likeness (QED) is 0.910. The maximum Gasteiger partial charge on any atom is 0.123 e. The Morgan fingerprint density at radius 3 is 2.58 bits per heavy atom. The zero-order chi connectivity index (χ0) is 13.3. The summed E-state index contributed by atoms with van der Waals surface area (Å²) in [5, 5.41) is 0. The van der Waals surface area contributed by atoms with E-state index >= 15 is 0 Å². The molecule has 0 unspecified atom stereocenters. The van der Waals surface area contributed by atoms with Gasteiger partial charge in [0.25, 0.3) is 0 Å². The summed E-state index contributed by atoms with van der Waals surface area (Å²) in [6.45, 7) is 1.75. The van der Waals surface area contributed by atoms with E-state index in [1.165, 1.54) is 17.5 Å². The second-order valence-electron chi connectivity index (χ2n) is 5.86. The molecule has 1 aromatic rings. The number of rotatable bonds is 3. The molecule has 1 saturated carbocycles. The van der Waals surface area contributed by atoms with Gasteiger partial charge in [-0.15, -0.1) is 0 Å². The Bertz CT molecular complexity index is 448. The first-order valence-corrected chi connectivity index (χ1v) is 7.28. The van der Waals surface area contributed by atoms with E-state index in [1.807, 2.05) is 0 Å². The first kappa shape index (κ1) is 12.9. The molecule has 3 rings (SSSR count). The van der Waals surface area contributed by atoms with Crippen molar-refractivity contribution in [3.63, 3.8) is 0 Å². The van der Waals surface area contributed by atoms with Gasteiger partial charge in [-0.25, -0.2) is 0 Å². The number of hydrogen-bond donors (Lipinski definition) is 1. The fraction of sp³-hybridized carbons (Fsp3) is 0.625. The van der Waals surface area contributed by atoms with Crippen LogP contribution in [-0.4, -0.2) is 20.3 Å². The van der Waals surface area contributed by atoms with Crippen molar-refractivity contribution in [2.75, 3.05) is 20.3 Å². The monoisotopic (exact) mass is 261 g/mol. The molecule has 0 bridgehead atoms. The van der Waals surface area contributed by atoms with E-state index in [1.54, 1.807) is 7.11 Å². The van der Waals surface area contributed by atoms with Gasteiger partial charge >= 0.3 is 0 Å². The average molecular weight is 261 g/mol. The molecule has 0 atom stereocenters. The molecule has 2 N–H and O–H groups in total. The summed E-state index contributed by atoms with van der Waals surface area (Å²) in [5.74, 6) is 1.56. The summed E-state index contributed by atoms with van der Waals surface area (Å²) < 4.78 is 11.0. The highest BCUT2D eigenvalue weighted by Gasteiger charge is 2.37. The van der Waals surface area contributed by atoms with E-state index in [-0.39, 0.29) is 5.54 Å². The molecular formula is C16H23NO2. The van der Waals surface area contributed by atoms with Crippen LogP contribution in [0.2, 0.25) is 0 Å². The van der Waals surface area contributed by atoms with Crippen LogP contribution in [-0.2, 0) is 10.3 Å². The number of nitrogens with two attached hydrogens (primary N) is 1. The van der Waals surface area contributed by atoms with E-state index in [0.717, 1.165) is 44.6 Å². The molecule has 1 aromatic carbocycles. The average Bonchev–Trinajstić information content (AvgIpc) is 2.45. The predicted octanol–water partition coefficient (Wildman–Crippen LogP) is 2.93. The fourth-order valence-electron chi connectivity index (χ4n) is 3.23. The second-order valence-corrected chi connectivity index (χ2v) is 5.86. The van der Waals surface area contributed by atoms with Crippen molar-refractivity contribution in [3.05, 3.63) is 29.3 Å². The number of methoxy groups -OCH3 is 1. The Morgan fingerprint density at radius 2 is 2.00 bits per heavy atom. The third kappa shape index (κ3) is 2.37. The van der Waals surface area contributed by atoms with Crippen LogP contribution in [0.5, 0.6) is 5.75 Å². The summed E-state index contributed by atoms with van der Waals surface area (Å²) in [6, 6.07) is 6.57. The van der Waals surface area contributed by atoms with Gasteiger partial charge in [-0.05, 0) is 55.7 Å². The van der Waals surface area contributed by atoms with Gasteiger partial charge in [0, 0.05) is 24.3 Å². The van der Waals surface area contributed by atoms with E-state index < -0.39 is 0 Å². The van der Waals surface area contributed by atoms with Crippen LogP contribution >= 0.6 is 0 Å². The van der Waals surface area contributed by atoms with Crippen LogP contribution in [0.3, 0.4) is 0 Å². The van der Waals surface area contributed by atoms with Gasteiger partial charge in [-0.2, -0.15) is 0 Å². The lowest BCUT2D eigenvalue weighted by Gasteiger charge is -2.40. The molecule has 104 valence electrons. The lowest BCUT2D eigenvalue weighted by atomic mass is 9.71. The summed E-state index contributed by atoms with van der Waals surface area (Å²) in [6.07, 6.45) is 5.59. The molecule has 0 aromatic heterocycles. The smallest absolute Gasteiger partial charge is 0.123 e. The Kier molecular flexibility index (Phi) is 3.50. The van der Waals surface area contributed by atoms with Gasteiger partial charge in [-0.3, -0.25) is 0 Å². The summed E-state index contributed by atoms with van der Waals surface area (Å²) in [7, 11) is 1.73. The van der Waals surface area contributed by atoms with Crippen LogP contribution in [0, 0.1) is 0 Å². The van der Waals surface area contributed by atoms with Gasteiger partial charge in [-0.1, -0.05) is 6.07 Å². The predicted molar refractivity (Wildman–Crippen MR) is 75.5 cm³/mol. The van der Waals surface area contributed by atoms with Gasteiger partial charge in [0.15, 0.2) is 0 Å². The minimum atomic E-state index is -0.160. The molecule has 0 spiro atoms. The molecule has 1 heterocycles. The SMILES string of the molecule is COc1ccc(C2CCOCC2)cc1C1(N)CCC1. The van der Waals surface area contributed by atoms with E-state index in [2.05, 4.69) is 18.2 Å². The molecular weight excluding hydrogens is 238 g/mol. The molecule has 19 heavy (non-hydrogen) atoms. The number of hydrogen-bond acceptors (Lipinski definition) is 3. The van der Waals surface area contributed by atoms with Crippen LogP contribution in [0.4, 0.5) is 0 Å². The Labute approximate surface area is 115 Å². The van der Waals surface area contributed by atoms with Gasteiger partial charge in [0.05, 0.1) is 7.11 Å². The zero-order valence-corrected chi connectivity index (χ0v) is 11.7. The van der Waals surface area contributed by atoms with Crippen molar-refractivity contribution < 1.29 is 9.47 Å². The highest BCUT2D eigenvalue weighted by Crippen LogP contribution is 2.44. The lowest BCUT2D eigenvalue weighted by molar-refractivity contribution is 0.0852. The minimum Gasteiger partial charge on any atom is -0.496 e. The van der Waals surface area contributed by atoms with Crippen LogP contribution in [0.1, 0.15) is 49.1 Å². The molecule has 2 aliphatic rings. The summed E-state index contributed by atoms with van der Waals surface area (Å²) >= 11 is 0. The van der Waals surface area contributed by atoms with Crippen molar-refractivity contribution in [1.82, 2.24) is 0 Å². The van der Waals surface area contributed by atoms with Crippen LogP contribution in [0.25, 0.3) is 0 Å². The Morgan fingerprint density at radius 1 is 1.26 bits per heavy atom. The van der Waals surface area contributed by atoms with Gasteiger partial charge < -0.3 is 15.2 Å². The number of benzene rings is 1. The summed E-state index contributed by atoms with van der Waals surface area (Å²) in [5.41, 5.74) is 8.93. The summed E-state index contributed by atoms with van der Waals surface area (Å²) in [4.78, 5) is 0. The number of ether oxygens (including phenoxy) is 2. The molecule has 1 saturated heterocycles. The molecule has 0 radical (unpaired) electrons. The highest BCUT2D eigenvalue weighted by molar-refractivity contribution is 5.44. The third-order valence-electron chi connectivity index (χ3n) is 4.70. The van der Waals surface area contributed by atoms with Gasteiger partial charge in [0.1, 0.15) is 5.75 Å². The normalized spacial score (nSPS) is 22.8. The van der Waals surface area contributed by atoms with Gasteiger partial charge in [0.2, 0.25) is 0 Å². The molecule has 3 nitrogen and oxygen atoms in total. The lowest BCUT2D eigenvalue weighted by Crippen LogP contribution is -2.43. The molecule has 2 fully saturated rings. The van der Waals surface area contributed by atoms with Crippen molar-refractivity contribution in [3.8, 4) is 5.75 Å². The molecule has 1 aliphatic heterocycles. The maximum absolute atomic E-state index is 6.49.